The molecule has 0 saturated heterocycles. The Morgan fingerprint density at radius 1 is 1.00 bits per heavy atom. The molecule has 1 N–H and O–H groups in total. The molecule has 1 heteroatoms. The smallest absolute Gasteiger partial charge is 0.00931 e. The summed E-state index contributed by atoms with van der Waals surface area (Å²) in [6.07, 6.45) is 2.40. The average molecular weight is 247 g/mol. The molecule has 0 aromatic heterocycles. The van der Waals surface area contributed by atoms with Gasteiger partial charge in [-0.25, -0.2) is 0 Å². The van der Waals surface area contributed by atoms with Gasteiger partial charge in [0.2, 0.25) is 0 Å². The Labute approximate surface area is 113 Å². The lowest BCUT2D eigenvalue weighted by molar-refractivity contribution is 0.385. The Balaban J connectivity index is 2.51. The van der Waals surface area contributed by atoms with Crippen LogP contribution in [0.2, 0.25) is 0 Å². The summed E-state index contributed by atoms with van der Waals surface area (Å²) in [5.74, 6) is 1.34. The molecule has 18 heavy (non-hydrogen) atoms. The zero-order valence-electron chi connectivity index (χ0n) is 12.7. The molecule has 0 spiro atoms. The van der Waals surface area contributed by atoms with E-state index in [0.29, 0.717) is 17.9 Å². The molecular weight excluding hydrogens is 218 g/mol. The first-order valence-electron chi connectivity index (χ1n) is 7.36. The van der Waals surface area contributed by atoms with Gasteiger partial charge in [-0.1, -0.05) is 58.9 Å². The van der Waals surface area contributed by atoms with Gasteiger partial charge in [0, 0.05) is 6.04 Å². The van der Waals surface area contributed by atoms with E-state index in [9.17, 15) is 0 Å². The monoisotopic (exact) mass is 247 g/mol. The van der Waals surface area contributed by atoms with E-state index in [0.717, 1.165) is 6.54 Å². The second-order valence-corrected chi connectivity index (χ2v) is 5.84. The minimum atomic E-state index is 0.629. The van der Waals surface area contributed by atoms with Crippen molar-refractivity contribution in [3.63, 3.8) is 0 Å². The van der Waals surface area contributed by atoms with Gasteiger partial charge in [0.25, 0.3) is 0 Å². The average Bonchev–Trinajstić information content (AvgIpc) is 2.34. The lowest BCUT2D eigenvalue weighted by Crippen LogP contribution is -2.34. The molecule has 1 rings (SSSR count). The second-order valence-electron chi connectivity index (χ2n) is 5.84. The highest BCUT2D eigenvalue weighted by molar-refractivity contribution is 5.24. The minimum absolute atomic E-state index is 0.629. The number of aryl methyl sites for hydroxylation is 1. The molecule has 1 aromatic carbocycles. The fourth-order valence-electron chi connectivity index (χ4n) is 2.32. The van der Waals surface area contributed by atoms with Gasteiger partial charge >= 0.3 is 0 Å². The maximum atomic E-state index is 3.58. The summed E-state index contributed by atoms with van der Waals surface area (Å²) in [6, 6.07) is 9.77. The van der Waals surface area contributed by atoms with Crippen molar-refractivity contribution in [1.82, 2.24) is 5.32 Å². The van der Waals surface area contributed by atoms with Gasteiger partial charge in [-0.2, -0.15) is 0 Å². The van der Waals surface area contributed by atoms with Gasteiger partial charge in [-0.05, 0) is 42.3 Å². The van der Waals surface area contributed by atoms with Crippen LogP contribution in [0.1, 0.15) is 58.1 Å². The molecule has 1 atom stereocenters. The summed E-state index contributed by atoms with van der Waals surface area (Å²) in [6.45, 7) is 12.3. The highest BCUT2D eigenvalue weighted by atomic mass is 14.9. The summed E-state index contributed by atoms with van der Waals surface area (Å²) in [7, 11) is 0. The number of nitrogens with one attached hydrogen (secondary N) is 1. The Bertz CT molecular complexity index is 324. The molecule has 0 aliphatic heterocycles. The number of hydrogen-bond acceptors (Lipinski definition) is 1. The van der Waals surface area contributed by atoms with Gasteiger partial charge in [0.05, 0.1) is 0 Å². The zero-order chi connectivity index (χ0) is 13.5. The van der Waals surface area contributed by atoms with Crippen molar-refractivity contribution in [2.75, 3.05) is 6.54 Å². The van der Waals surface area contributed by atoms with Crippen LogP contribution in [0, 0.1) is 5.92 Å². The number of benzene rings is 1. The fourth-order valence-corrected chi connectivity index (χ4v) is 2.32. The lowest BCUT2D eigenvalue weighted by Gasteiger charge is -2.21. The predicted molar refractivity (Wildman–Crippen MR) is 81.2 cm³/mol. The quantitative estimate of drug-likeness (QED) is 0.754. The molecule has 0 amide bonds. The van der Waals surface area contributed by atoms with Gasteiger partial charge in [-0.3, -0.25) is 0 Å². The number of rotatable bonds is 7. The maximum absolute atomic E-state index is 3.58. The van der Waals surface area contributed by atoms with Crippen LogP contribution in [0.25, 0.3) is 0 Å². The Hall–Kier alpha value is -0.820. The molecule has 1 unspecified atom stereocenters. The zero-order valence-corrected chi connectivity index (χ0v) is 12.7. The highest BCUT2D eigenvalue weighted by Gasteiger charge is 2.11. The fraction of sp³-hybridized carbons (Fsp3) is 0.647. The van der Waals surface area contributed by atoms with Crippen LogP contribution >= 0.6 is 0 Å². The second kappa shape index (κ2) is 7.58. The van der Waals surface area contributed by atoms with Crippen LogP contribution in [0.15, 0.2) is 24.3 Å². The molecule has 0 aliphatic carbocycles. The third-order valence-corrected chi connectivity index (χ3v) is 3.66. The summed E-state index contributed by atoms with van der Waals surface area (Å²) < 4.78 is 0. The van der Waals surface area contributed by atoms with Crippen LogP contribution < -0.4 is 5.32 Å². The summed E-state index contributed by atoms with van der Waals surface area (Å²) in [5, 5.41) is 3.58. The standard InChI is InChI=1S/C17H29N/c1-6-18-17(14(4)5)12-9-15-7-10-16(11-8-15)13(2)3/h7-8,10-11,13-14,17-18H,6,9,12H2,1-5H3. The van der Waals surface area contributed by atoms with E-state index < -0.39 is 0 Å². The molecule has 1 aromatic rings. The van der Waals surface area contributed by atoms with Crippen LogP contribution in [0.5, 0.6) is 0 Å². The van der Waals surface area contributed by atoms with Gasteiger partial charge in [-0.15, -0.1) is 0 Å². The Kier molecular flexibility index (Phi) is 6.42. The van der Waals surface area contributed by atoms with Crippen LogP contribution in [-0.4, -0.2) is 12.6 Å². The Morgan fingerprint density at radius 2 is 1.61 bits per heavy atom. The minimum Gasteiger partial charge on any atom is -0.314 e. The number of hydrogen-bond donors (Lipinski definition) is 1. The van der Waals surface area contributed by atoms with Crippen molar-refractivity contribution in [3.8, 4) is 0 Å². The van der Waals surface area contributed by atoms with E-state index in [2.05, 4.69) is 64.2 Å². The molecule has 0 aliphatic rings. The van der Waals surface area contributed by atoms with E-state index in [1.54, 1.807) is 0 Å². The normalized spacial score (nSPS) is 13.3. The lowest BCUT2D eigenvalue weighted by atomic mass is 9.95. The molecule has 0 fully saturated rings. The molecule has 0 heterocycles. The van der Waals surface area contributed by atoms with Crippen molar-refractivity contribution < 1.29 is 0 Å². The predicted octanol–water partition coefficient (Wildman–Crippen LogP) is 4.38. The molecule has 0 saturated carbocycles. The topological polar surface area (TPSA) is 12.0 Å². The third kappa shape index (κ3) is 4.81. The van der Waals surface area contributed by atoms with Gasteiger partial charge in [0.15, 0.2) is 0 Å². The largest absolute Gasteiger partial charge is 0.314 e. The van der Waals surface area contributed by atoms with Crippen molar-refractivity contribution in [2.45, 2.75) is 59.4 Å². The van der Waals surface area contributed by atoms with Crippen LogP contribution in [0.4, 0.5) is 0 Å². The summed E-state index contributed by atoms with van der Waals surface area (Å²) in [4.78, 5) is 0. The van der Waals surface area contributed by atoms with E-state index in [1.807, 2.05) is 0 Å². The highest BCUT2D eigenvalue weighted by Crippen LogP contribution is 2.16. The van der Waals surface area contributed by atoms with Crippen molar-refractivity contribution in [2.24, 2.45) is 5.92 Å². The summed E-state index contributed by atoms with van der Waals surface area (Å²) in [5.41, 5.74) is 2.90. The van der Waals surface area contributed by atoms with E-state index in [4.69, 9.17) is 0 Å². The van der Waals surface area contributed by atoms with Gasteiger partial charge < -0.3 is 5.32 Å². The van der Waals surface area contributed by atoms with Gasteiger partial charge in [0.1, 0.15) is 0 Å². The molecular formula is C17H29N. The van der Waals surface area contributed by atoms with Crippen LogP contribution in [0.3, 0.4) is 0 Å². The molecule has 102 valence electrons. The molecule has 1 nitrogen and oxygen atoms in total. The third-order valence-electron chi connectivity index (χ3n) is 3.66. The van der Waals surface area contributed by atoms with Crippen molar-refractivity contribution >= 4 is 0 Å². The van der Waals surface area contributed by atoms with E-state index in [1.165, 1.54) is 24.0 Å². The van der Waals surface area contributed by atoms with Crippen molar-refractivity contribution in [1.29, 1.82) is 0 Å². The Morgan fingerprint density at radius 3 is 2.06 bits per heavy atom. The molecule has 0 bridgehead atoms. The van der Waals surface area contributed by atoms with E-state index >= 15 is 0 Å². The summed E-state index contributed by atoms with van der Waals surface area (Å²) >= 11 is 0. The van der Waals surface area contributed by atoms with E-state index in [-0.39, 0.29) is 0 Å². The molecule has 0 radical (unpaired) electrons. The van der Waals surface area contributed by atoms with Crippen LogP contribution in [-0.2, 0) is 6.42 Å². The first-order valence-corrected chi connectivity index (χ1v) is 7.36. The SMILES string of the molecule is CCNC(CCc1ccc(C(C)C)cc1)C(C)C. The first kappa shape index (κ1) is 15.2. The van der Waals surface area contributed by atoms with Crippen molar-refractivity contribution in [3.05, 3.63) is 35.4 Å². The first-order chi connectivity index (χ1) is 8.54. The maximum Gasteiger partial charge on any atom is 0.00931 e.